The number of rotatable bonds is 2. The number of anilines is 1. The van der Waals surface area contributed by atoms with Gasteiger partial charge in [-0.1, -0.05) is 11.6 Å². The van der Waals surface area contributed by atoms with Crippen LogP contribution in [0.2, 0.25) is 5.02 Å². The molecule has 0 saturated carbocycles. The molecule has 1 heterocycles. The lowest BCUT2D eigenvalue weighted by Gasteiger charge is -2.31. The van der Waals surface area contributed by atoms with Crippen LogP contribution < -0.4 is 11.1 Å². The van der Waals surface area contributed by atoms with Gasteiger partial charge in [0.15, 0.2) is 0 Å². The molecular formula is C12H14ClFN2O2. The third-order valence-corrected chi connectivity index (χ3v) is 3.18. The molecule has 3 N–H and O–H groups in total. The fourth-order valence-electron chi connectivity index (χ4n) is 1.84. The second-order valence-electron chi connectivity index (χ2n) is 4.38. The first-order valence-corrected chi connectivity index (χ1v) is 6.02. The van der Waals surface area contributed by atoms with Crippen LogP contribution in [0.1, 0.15) is 12.8 Å². The Balaban J connectivity index is 2.10. The number of amides is 1. The van der Waals surface area contributed by atoms with Crippen LogP contribution in [0.15, 0.2) is 18.2 Å². The van der Waals surface area contributed by atoms with Gasteiger partial charge < -0.3 is 15.8 Å². The van der Waals surface area contributed by atoms with Crippen LogP contribution in [0, 0.1) is 5.82 Å². The fraction of sp³-hybridized carbons (Fsp3) is 0.417. The van der Waals surface area contributed by atoms with Crippen molar-refractivity contribution < 1.29 is 13.9 Å². The van der Waals surface area contributed by atoms with Gasteiger partial charge in [0.2, 0.25) is 5.91 Å². The number of carbonyl (C=O) groups is 1. The van der Waals surface area contributed by atoms with E-state index in [9.17, 15) is 9.18 Å². The molecule has 1 fully saturated rings. The Hall–Kier alpha value is -1.17. The molecule has 0 unspecified atom stereocenters. The average Bonchev–Trinajstić information content (AvgIpc) is 2.28. The summed E-state index contributed by atoms with van der Waals surface area (Å²) < 4.78 is 18.3. The lowest BCUT2D eigenvalue weighted by molar-refractivity contribution is -0.124. The fourth-order valence-corrected chi connectivity index (χ4v) is 2.07. The molecule has 0 spiro atoms. The molecule has 1 saturated heterocycles. The van der Waals surface area contributed by atoms with E-state index in [1.165, 1.54) is 18.2 Å². The first kappa shape index (κ1) is 13.3. The van der Waals surface area contributed by atoms with E-state index < -0.39 is 11.4 Å². The molecule has 0 aromatic heterocycles. The molecule has 6 heteroatoms. The molecular weight excluding hydrogens is 259 g/mol. The van der Waals surface area contributed by atoms with Crippen molar-refractivity contribution in [3.63, 3.8) is 0 Å². The van der Waals surface area contributed by atoms with Crippen molar-refractivity contribution in [1.29, 1.82) is 0 Å². The largest absolute Gasteiger partial charge is 0.381 e. The molecule has 1 aromatic carbocycles. The Bertz CT molecular complexity index is 441. The first-order chi connectivity index (χ1) is 8.49. The van der Waals surface area contributed by atoms with E-state index in [-0.39, 0.29) is 10.9 Å². The lowest BCUT2D eigenvalue weighted by Crippen LogP contribution is -2.54. The van der Waals surface area contributed by atoms with E-state index in [1.54, 1.807) is 0 Å². The normalized spacial score (nSPS) is 18.4. The van der Waals surface area contributed by atoms with E-state index in [0.29, 0.717) is 31.7 Å². The highest BCUT2D eigenvalue weighted by molar-refractivity contribution is 6.30. The summed E-state index contributed by atoms with van der Waals surface area (Å²) in [7, 11) is 0. The van der Waals surface area contributed by atoms with Gasteiger partial charge in [-0.3, -0.25) is 4.79 Å². The summed E-state index contributed by atoms with van der Waals surface area (Å²) in [5.74, 6) is -0.844. The smallest absolute Gasteiger partial charge is 0.244 e. The standard InChI is InChI=1S/C12H14ClFN2O2/c13-8-5-9(14)7-10(6-8)16-11(17)12(15)1-3-18-4-2-12/h5-7H,1-4,15H2,(H,16,17). The third kappa shape index (κ3) is 2.98. The minimum Gasteiger partial charge on any atom is -0.381 e. The number of nitrogens with one attached hydrogen (secondary N) is 1. The Morgan fingerprint density at radius 1 is 1.39 bits per heavy atom. The van der Waals surface area contributed by atoms with Gasteiger partial charge in [-0.25, -0.2) is 4.39 Å². The van der Waals surface area contributed by atoms with Crippen molar-refractivity contribution in [2.45, 2.75) is 18.4 Å². The zero-order valence-electron chi connectivity index (χ0n) is 9.71. The second kappa shape index (κ2) is 5.22. The van der Waals surface area contributed by atoms with Gasteiger partial charge in [0.25, 0.3) is 0 Å². The Morgan fingerprint density at radius 2 is 2.06 bits per heavy atom. The van der Waals surface area contributed by atoms with Crippen LogP contribution in [0.5, 0.6) is 0 Å². The van der Waals surface area contributed by atoms with Crippen LogP contribution in [0.3, 0.4) is 0 Å². The van der Waals surface area contributed by atoms with E-state index in [2.05, 4.69) is 5.32 Å². The van der Waals surface area contributed by atoms with Crippen LogP contribution in [-0.4, -0.2) is 24.7 Å². The topological polar surface area (TPSA) is 64.4 Å². The summed E-state index contributed by atoms with van der Waals surface area (Å²) in [4.78, 5) is 12.1. The molecule has 0 atom stereocenters. The second-order valence-corrected chi connectivity index (χ2v) is 4.82. The predicted octanol–water partition coefficient (Wildman–Crippen LogP) is 1.93. The summed E-state index contributed by atoms with van der Waals surface area (Å²) in [6.07, 6.45) is 0.893. The van der Waals surface area contributed by atoms with Gasteiger partial charge in [0, 0.05) is 23.9 Å². The molecule has 1 aliphatic heterocycles. The maximum absolute atomic E-state index is 13.1. The Morgan fingerprint density at radius 3 is 2.67 bits per heavy atom. The van der Waals surface area contributed by atoms with Gasteiger partial charge in [-0.05, 0) is 31.0 Å². The molecule has 4 nitrogen and oxygen atoms in total. The molecule has 1 aliphatic rings. The summed E-state index contributed by atoms with van der Waals surface area (Å²) in [5.41, 5.74) is 5.35. The number of hydrogen-bond donors (Lipinski definition) is 2. The van der Waals surface area contributed by atoms with Crippen LogP contribution in [0.4, 0.5) is 10.1 Å². The van der Waals surface area contributed by atoms with Gasteiger partial charge in [0.05, 0.1) is 0 Å². The molecule has 1 amide bonds. The van der Waals surface area contributed by atoms with Crippen molar-refractivity contribution in [2.24, 2.45) is 5.73 Å². The van der Waals surface area contributed by atoms with Crippen molar-refractivity contribution in [1.82, 2.24) is 0 Å². The molecule has 0 bridgehead atoms. The molecule has 2 rings (SSSR count). The van der Waals surface area contributed by atoms with Gasteiger partial charge in [0.1, 0.15) is 11.4 Å². The van der Waals surface area contributed by atoms with Crippen molar-refractivity contribution >= 4 is 23.2 Å². The van der Waals surface area contributed by atoms with Crippen molar-refractivity contribution in [2.75, 3.05) is 18.5 Å². The quantitative estimate of drug-likeness (QED) is 0.865. The Labute approximate surface area is 109 Å². The highest BCUT2D eigenvalue weighted by atomic mass is 35.5. The number of carbonyl (C=O) groups excluding carboxylic acids is 1. The Kier molecular flexibility index (Phi) is 3.85. The third-order valence-electron chi connectivity index (χ3n) is 2.96. The summed E-state index contributed by atoms with van der Waals surface area (Å²) in [6.45, 7) is 0.904. The minimum atomic E-state index is -0.961. The van der Waals surface area contributed by atoms with E-state index in [1.807, 2.05) is 0 Å². The summed E-state index contributed by atoms with van der Waals surface area (Å²) in [5, 5.41) is 2.82. The molecule has 98 valence electrons. The monoisotopic (exact) mass is 272 g/mol. The highest BCUT2D eigenvalue weighted by Gasteiger charge is 2.35. The van der Waals surface area contributed by atoms with Crippen LogP contribution >= 0.6 is 11.6 Å². The highest BCUT2D eigenvalue weighted by Crippen LogP contribution is 2.22. The van der Waals surface area contributed by atoms with Gasteiger partial charge >= 0.3 is 0 Å². The van der Waals surface area contributed by atoms with E-state index in [0.717, 1.165) is 0 Å². The molecule has 0 radical (unpaired) electrons. The van der Waals surface area contributed by atoms with Gasteiger partial charge in [-0.15, -0.1) is 0 Å². The average molecular weight is 273 g/mol. The van der Waals surface area contributed by atoms with E-state index in [4.69, 9.17) is 22.1 Å². The maximum Gasteiger partial charge on any atom is 0.244 e. The summed E-state index contributed by atoms with van der Waals surface area (Å²) in [6, 6.07) is 3.85. The zero-order valence-corrected chi connectivity index (χ0v) is 10.5. The van der Waals surface area contributed by atoms with Crippen LogP contribution in [0.25, 0.3) is 0 Å². The van der Waals surface area contributed by atoms with E-state index >= 15 is 0 Å². The zero-order chi connectivity index (χ0) is 13.2. The van der Waals surface area contributed by atoms with Crippen LogP contribution in [-0.2, 0) is 9.53 Å². The molecule has 1 aromatic rings. The van der Waals surface area contributed by atoms with Crippen molar-refractivity contribution in [3.8, 4) is 0 Å². The SMILES string of the molecule is NC1(C(=O)Nc2cc(F)cc(Cl)c2)CCOCC1. The number of halogens is 2. The minimum absolute atomic E-state index is 0.225. The number of ether oxygens (including phenoxy) is 1. The molecule has 0 aliphatic carbocycles. The number of nitrogens with two attached hydrogens (primary N) is 1. The number of hydrogen-bond acceptors (Lipinski definition) is 3. The number of benzene rings is 1. The summed E-state index contributed by atoms with van der Waals surface area (Å²) >= 11 is 5.71. The first-order valence-electron chi connectivity index (χ1n) is 5.64. The predicted molar refractivity (Wildman–Crippen MR) is 67.0 cm³/mol. The molecule has 18 heavy (non-hydrogen) atoms. The van der Waals surface area contributed by atoms with Crippen molar-refractivity contribution in [3.05, 3.63) is 29.0 Å². The van der Waals surface area contributed by atoms with Gasteiger partial charge in [-0.2, -0.15) is 0 Å². The lowest BCUT2D eigenvalue weighted by atomic mass is 9.90. The maximum atomic E-state index is 13.1.